The summed E-state index contributed by atoms with van der Waals surface area (Å²) in [6, 6.07) is 2.93. The minimum absolute atomic E-state index is 0.793. The summed E-state index contributed by atoms with van der Waals surface area (Å²) in [5.74, 6) is 0.793. The maximum absolute atomic E-state index is 6.02. The summed E-state index contributed by atoms with van der Waals surface area (Å²) in [5, 5.41) is 4.43. The van der Waals surface area contributed by atoms with Gasteiger partial charge < -0.3 is 5.32 Å². The number of thiophene rings is 1. The summed E-state index contributed by atoms with van der Waals surface area (Å²) in [6.45, 7) is 3.53. The van der Waals surface area contributed by atoms with Crippen LogP contribution in [0.1, 0.15) is 37.5 Å². The monoisotopic (exact) mass is 335 g/mol. The first-order chi connectivity index (χ1) is 8.15. The average molecular weight is 337 g/mol. The van der Waals surface area contributed by atoms with Crippen molar-refractivity contribution in [2.75, 3.05) is 6.54 Å². The van der Waals surface area contributed by atoms with E-state index in [4.69, 9.17) is 11.6 Å². The Balaban J connectivity index is 1.62. The molecule has 0 amide bonds. The SMILES string of the molecule is CC(CCNC1CC1)CCc1cc(Cl)c(Br)s1. The van der Waals surface area contributed by atoms with Crippen LogP contribution in [0.2, 0.25) is 5.02 Å². The van der Waals surface area contributed by atoms with Gasteiger partial charge in [0.1, 0.15) is 0 Å². The molecule has 1 nitrogen and oxygen atoms in total. The van der Waals surface area contributed by atoms with Crippen LogP contribution < -0.4 is 5.32 Å². The van der Waals surface area contributed by atoms with Crippen LogP contribution in [0.3, 0.4) is 0 Å². The number of hydrogen-bond donors (Lipinski definition) is 1. The lowest BCUT2D eigenvalue weighted by Crippen LogP contribution is -2.19. The lowest BCUT2D eigenvalue weighted by atomic mass is 10.0. The fourth-order valence-electron chi connectivity index (χ4n) is 1.87. The summed E-state index contributed by atoms with van der Waals surface area (Å²) < 4.78 is 1.07. The van der Waals surface area contributed by atoms with Gasteiger partial charge in [-0.05, 0) is 66.6 Å². The van der Waals surface area contributed by atoms with Crippen LogP contribution in [0.15, 0.2) is 9.85 Å². The van der Waals surface area contributed by atoms with Crippen LogP contribution in [-0.2, 0) is 6.42 Å². The molecule has 1 aromatic rings. The van der Waals surface area contributed by atoms with Gasteiger partial charge in [-0.15, -0.1) is 11.3 Å². The number of hydrogen-bond acceptors (Lipinski definition) is 2. The maximum Gasteiger partial charge on any atom is 0.0887 e. The summed E-state index contributed by atoms with van der Waals surface area (Å²) >= 11 is 11.3. The maximum atomic E-state index is 6.02. The molecule has 1 aromatic heterocycles. The zero-order valence-electron chi connectivity index (χ0n) is 10.1. The Morgan fingerprint density at radius 1 is 1.53 bits per heavy atom. The van der Waals surface area contributed by atoms with Crippen molar-refractivity contribution in [3.63, 3.8) is 0 Å². The van der Waals surface area contributed by atoms with Gasteiger partial charge in [-0.2, -0.15) is 0 Å². The largest absolute Gasteiger partial charge is 0.314 e. The molecule has 1 N–H and O–H groups in total. The minimum Gasteiger partial charge on any atom is -0.314 e. The van der Waals surface area contributed by atoms with E-state index in [1.54, 1.807) is 11.3 Å². The lowest BCUT2D eigenvalue weighted by Gasteiger charge is -2.10. The van der Waals surface area contributed by atoms with Gasteiger partial charge in [0, 0.05) is 10.9 Å². The second-order valence-corrected chi connectivity index (χ2v) is 7.86. The van der Waals surface area contributed by atoms with Crippen molar-refractivity contribution in [2.45, 2.75) is 45.1 Å². The van der Waals surface area contributed by atoms with Gasteiger partial charge in [0.15, 0.2) is 0 Å². The zero-order chi connectivity index (χ0) is 12.3. The third-order valence-corrected chi connectivity index (χ3v) is 5.76. The van der Waals surface area contributed by atoms with Crippen molar-refractivity contribution in [1.82, 2.24) is 5.32 Å². The van der Waals surface area contributed by atoms with Gasteiger partial charge in [0.05, 0.1) is 8.81 Å². The van der Waals surface area contributed by atoms with Crippen molar-refractivity contribution in [2.24, 2.45) is 5.92 Å². The lowest BCUT2D eigenvalue weighted by molar-refractivity contribution is 0.470. The summed E-state index contributed by atoms with van der Waals surface area (Å²) in [4.78, 5) is 1.39. The summed E-state index contributed by atoms with van der Waals surface area (Å²) in [7, 11) is 0. The predicted molar refractivity (Wildman–Crippen MR) is 80.2 cm³/mol. The van der Waals surface area contributed by atoms with Gasteiger partial charge in [0.2, 0.25) is 0 Å². The van der Waals surface area contributed by atoms with E-state index in [2.05, 4.69) is 34.2 Å². The molecular formula is C13H19BrClNS. The summed E-state index contributed by atoms with van der Waals surface area (Å²) in [6.07, 6.45) is 6.47. The van der Waals surface area contributed by atoms with Crippen molar-refractivity contribution >= 4 is 38.9 Å². The Bertz CT molecular complexity index is 343. The molecule has 17 heavy (non-hydrogen) atoms. The molecule has 0 aromatic carbocycles. The van der Waals surface area contributed by atoms with Gasteiger partial charge in [-0.25, -0.2) is 0 Å². The van der Waals surface area contributed by atoms with Crippen molar-refractivity contribution in [1.29, 1.82) is 0 Å². The molecule has 4 heteroatoms. The highest BCUT2D eigenvalue weighted by molar-refractivity contribution is 9.11. The first-order valence-corrected chi connectivity index (χ1v) is 8.31. The predicted octanol–water partition coefficient (Wildman–Crippen LogP) is 4.87. The molecule has 0 radical (unpaired) electrons. The first-order valence-electron chi connectivity index (χ1n) is 6.32. The smallest absolute Gasteiger partial charge is 0.0887 e. The van der Waals surface area contributed by atoms with E-state index in [0.29, 0.717) is 0 Å². The molecule has 1 fully saturated rings. The molecule has 1 aliphatic carbocycles. The Morgan fingerprint density at radius 2 is 2.29 bits per heavy atom. The molecule has 1 unspecified atom stereocenters. The Hall–Kier alpha value is 0.430. The second kappa shape index (κ2) is 6.55. The molecule has 0 saturated heterocycles. The van der Waals surface area contributed by atoms with Crippen LogP contribution >= 0.6 is 38.9 Å². The molecule has 0 spiro atoms. The topological polar surface area (TPSA) is 12.0 Å². The molecule has 1 heterocycles. The van der Waals surface area contributed by atoms with E-state index in [9.17, 15) is 0 Å². The van der Waals surface area contributed by atoms with E-state index >= 15 is 0 Å². The van der Waals surface area contributed by atoms with Crippen LogP contribution in [-0.4, -0.2) is 12.6 Å². The number of aryl methyl sites for hydroxylation is 1. The molecular weight excluding hydrogens is 318 g/mol. The summed E-state index contributed by atoms with van der Waals surface area (Å²) in [5.41, 5.74) is 0. The number of halogens is 2. The third kappa shape index (κ3) is 4.90. The van der Waals surface area contributed by atoms with E-state index in [1.165, 1.54) is 37.1 Å². The highest BCUT2D eigenvalue weighted by Crippen LogP contribution is 2.33. The third-order valence-electron chi connectivity index (χ3n) is 3.23. The Kier molecular flexibility index (Phi) is 5.34. The van der Waals surface area contributed by atoms with E-state index < -0.39 is 0 Å². The highest BCUT2D eigenvalue weighted by Gasteiger charge is 2.19. The second-order valence-electron chi connectivity index (χ2n) is 5.00. The zero-order valence-corrected chi connectivity index (χ0v) is 13.3. The number of rotatable bonds is 7. The Morgan fingerprint density at radius 3 is 2.88 bits per heavy atom. The quantitative estimate of drug-likeness (QED) is 0.748. The van der Waals surface area contributed by atoms with E-state index in [0.717, 1.165) is 27.2 Å². The highest BCUT2D eigenvalue weighted by atomic mass is 79.9. The molecule has 96 valence electrons. The fourth-order valence-corrected chi connectivity index (χ4v) is 3.70. The van der Waals surface area contributed by atoms with Crippen molar-refractivity contribution in [3.05, 3.63) is 19.8 Å². The Labute approximate surface area is 121 Å². The normalized spacial score (nSPS) is 17.4. The van der Waals surface area contributed by atoms with E-state index in [1.807, 2.05) is 0 Å². The molecule has 1 saturated carbocycles. The molecule has 0 bridgehead atoms. The van der Waals surface area contributed by atoms with Gasteiger partial charge >= 0.3 is 0 Å². The molecule has 1 aliphatic rings. The molecule has 2 rings (SSSR count). The van der Waals surface area contributed by atoms with Crippen LogP contribution in [0.4, 0.5) is 0 Å². The minimum atomic E-state index is 0.793. The first kappa shape index (κ1) is 13.9. The van der Waals surface area contributed by atoms with Crippen LogP contribution in [0.5, 0.6) is 0 Å². The van der Waals surface area contributed by atoms with Crippen LogP contribution in [0, 0.1) is 5.92 Å². The van der Waals surface area contributed by atoms with Gasteiger partial charge in [-0.3, -0.25) is 0 Å². The van der Waals surface area contributed by atoms with Crippen molar-refractivity contribution in [3.8, 4) is 0 Å². The number of nitrogens with one attached hydrogen (secondary N) is 1. The van der Waals surface area contributed by atoms with Gasteiger partial charge in [-0.1, -0.05) is 18.5 Å². The van der Waals surface area contributed by atoms with Gasteiger partial charge in [0.25, 0.3) is 0 Å². The molecule has 1 atom stereocenters. The van der Waals surface area contributed by atoms with E-state index in [-0.39, 0.29) is 0 Å². The van der Waals surface area contributed by atoms with Crippen molar-refractivity contribution < 1.29 is 0 Å². The standard InChI is InChI=1S/C13H19BrClNS/c1-9(6-7-16-10-3-4-10)2-5-11-8-12(15)13(14)17-11/h8-10,16H,2-7H2,1H3. The van der Waals surface area contributed by atoms with Crippen LogP contribution in [0.25, 0.3) is 0 Å². The molecule has 0 aliphatic heterocycles. The fraction of sp³-hybridized carbons (Fsp3) is 0.692. The average Bonchev–Trinajstić information content (AvgIpc) is 3.04.